The number of hydrogen-bond donors (Lipinski definition) is 0. The molecule has 1 nitrogen and oxygen atoms in total. The zero-order valence-electron chi connectivity index (χ0n) is 10.8. The van der Waals surface area contributed by atoms with Crippen LogP contribution in [0.2, 0.25) is 0 Å². The van der Waals surface area contributed by atoms with Crippen LogP contribution in [0.15, 0.2) is 6.07 Å². The molecule has 0 saturated heterocycles. The second-order valence-electron chi connectivity index (χ2n) is 4.37. The van der Waals surface area contributed by atoms with Gasteiger partial charge >= 0.3 is 0 Å². The molecule has 1 rings (SSSR count). The minimum Gasteiger partial charge on any atom is -0.496 e. The van der Waals surface area contributed by atoms with Crippen molar-refractivity contribution < 1.29 is 4.74 Å². The molecule has 0 aliphatic heterocycles. The second-order valence-corrected chi connectivity index (χ2v) is 4.37. The first-order valence-electron chi connectivity index (χ1n) is 5.67. The highest BCUT2D eigenvalue weighted by Crippen LogP contribution is 2.33. The van der Waals surface area contributed by atoms with Gasteiger partial charge in [0, 0.05) is 0 Å². The monoisotopic (exact) mass is 206 g/mol. The fraction of sp³-hybridized carbons (Fsp3) is 0.571. The van der Waals surface area contributed by atoms with Gasteiger partial charge in [0.1, 0.15) is 5.75 Å². The molecule has 1 atom stereocenters. The Kier molecular flexibility index (Phi) is 3.78. The van der Waals surface area contributed by atoms with Crippen molar-refractivity contribution in [3.8, 4) is 5.75 Å². The van der Waals surface area contributed by atoms with Gasteiger partial charge in [-0.1, -0.05) is 13.8 Å². The molecule has 0 aliphatic carbocycles. The molecule has 84 valence electrons. The Hall–Kier alpha value is -0.980. The van der Waals surface area contributed by atoms with E-state index in [-0.39, 0.29) is 0 Å². The highest BCUT2D eigenvalue weighted by molar-refractivity contribution is 5.49. The van der Waals surface area contributed by atoms with Crippen LogP contribution >= 0.6 is 0 Å². The van der Waals surface area contributed by atoms with Gasteiger partial charge in [-0.15, -0.1) is 0 Å². The molecule has 0 heterocycles. The zero-order chi connectivity index (χ0) is 11.6. The van der Waals surface area contributed by atoms with Crippen molar-refractivity contribution in [3.63, 3.8) is 0 Å². The Morgan fingerprint density at radius 2 is 1.80 bits per heavy atom. The predicted molar refractivity (Wildman–Crippen MR) is 65.9 cm³/mol. The molecule has 0 radical (unpaired) electrons. The zero-order valence-corrected chi connectivity index (χ0v) is 10.8. The average Bonchev–Trinajstić information content (AvgIpc) is 2.23. The summed E-state index contributed by atoms with van der Waals surface area (Å²) in [5.41, 5.74) is 5.51. The minimum atomic E-state index is 0.634. The quantitative estimate of drug-likeness (QED) is 0.722. The van der Waals surface area contributed by atoms with Gasteiger partial charge in [0.15, 0.2) is 0 Å². The highest BCUT2D eigenvalue weighted by Gasteiger charge is 2.14. The van der Waals surface area contributed by atoms with E-state index < -0.39 is 0 Å². The van der Waals surface area contributed by atoms with Crippen molar-refractivity contribution in [2.24, 2.45) is 0 Å². The van der Waals surface area contributed by atoms with Crippen LogP contribution in [0, 0.1) is 20.8 Å². The third-order valence-corrected chi connectivity index (χ3v) is 3.43. The lowest BCUT2D eigenvalue weighted by atomic mass is 9.87. The lowest BCUT2D eigenvalue weighted by molar-refractivity contribution is 0.410. The molecule has 1 aromatic carbocycles. The molecule has 0 fully saturated rings. The molecule has 15 heavy (non-hydrogen) atoms. The van der Waals surface area contributed by atoms with Crippen molar-refractivity contribution in [3.05, 3.63) is 28.3 Å². The third-order valence-electron chi connectivity index (χ3n) is 3.43. The Bertz CT molecular complexity index is 353. The number of benzene rings is 1. The maximum atomic E-state index is 5.38. The number of hydrogen-bond acceptors (Lipinski definition) is 1. The Morgan fingerprint density at radius 1 is 1.20 bits per heavy atom. The summed E-state index contributed by atoms with van der Waals surface area (Å²) in [4.78, 5) is 0. The molecular formula is C14H22O. The van der Waals surface area contributed by atoms with E-state index in [2.05, 4.69) is 40.7 Å². The van der Waals surface area contributed by atoms with Crippen molar-refractivity contribution >= 4 is 0 Å². The molecule has 0 bridgehead atoms. The highest BCUT2D eigenvalue weighted by atomic mass is 16.5. The van der Waals surface area contributed by atoms with Gasteiger partial charge in [0.2, 0.25) is 0 Å². The molecule has 0 spiro atoms. The number of rotatable bonds is 3. The van der Waals surface area contributed by atoms with Crippen LogP contribution in [-0.2, 0) is 0 Å². The van der Waals surface area contributed by atoms with E-state index in [0.29, 0.717) is 5.92 Å². The first-order chi connectivity index (χ1) is 7.02. The maximum absolute atomic E-state index is 5.38. The smallest absolute Gasteiger partial charge is 0.122 e. The van der Waals surface area contributed by atoms with Crippen LogP contribution in [0.1, 0.15) is 48.4 Å². The first kappa shape index (κ1) is 12.1. The van der Waals surface area contributed by atoms with Gasteiger partial charge < -0.3 is 4.74 Å². The van der Waals surface area contributed by atoms with Gasteiger partial charge in [-0.2, -0.15) is 0 Å². The van der Waals surface area contributed by atoms with Crippen molar-refractivity contribution in [1.82, 2.24) is 0 Å². The normalized spacial score (nSPS) is 12.7. The van der Waals surface area contributed by atoms with Crippen LogP contribution in [0.25, 0.3) is 0 Å². The summed E-state index contributed by atoms with van der Waals surface area (Å²) in [6.45, 7) is 11.0. The largest absolute Gasteiger partial charge is 0.496 e. The van der Waals surface area contributed by atoms with E-state index >= 15 is 0 Å². The summed E-state index contributed by atoms with van der Waals surface area (Å²) in [5.74, 6) is 1.65. The second kappa shape index (κ2) is 4.69. The van der Waals surface area contributed by atoms with Gasteiger partial charge in [-0.05, 0) is 61.4 Å². The van der Waals surface area contributed by atoms with Gasteiger partial charge in [-0.3, -0.25) is 0 Å². The van der Waals surface area contributed by atoms with Crippen molar-refractivity contribution in [2.45, 2.75) is 47.0 Å². The summed E-state index contributed by atoms with van der Waals surface area (Å²) < 4.78 is 5.38. The fourth-order valence-corrected chi connectivity index (χ4v) is 2.24. The predicted octanol–water partition coefficient (Wildman–Crippen LogP) is 4.13. The van der Waals surface area contributed by atoms with Crippen LogP contribution in [-0.4, -0.2) is 7.11 Å². The van der Waals surface area contributed by atoms with E-state index in [1.165, 1.54) is 28.7 Å². The SMILES string of the molecule is CCC(C)c1c(C)cc(OC)c(C)c1C. The Morgan fingerprint density at radius 3 is 2.27 bits per heavy atom. The minimum absolute atomic E-state index is 0.634. The molecular weight excluding hydrogens is 184 g/mol. The summed E-state index contributed by atoms with van der Waals surface area (Å²) in [7, 11) is 1.74. The molecule has 0 aliphatic rings. The number of aryl methyl sites for hydroxylation is 1. The Balaban J connectivity index is 3.35. The van der Waals surface area contributed by atoms with Gasteiger partial charge in [0.05, 0.1) is 7.11 Å². The summed E-state index contributed by atoms with van der Waals surface area (Å²) >= 11 is 0. The molecule has 1 heteroatoms. The van der Waals surface area contributed by atoms with Crippen LogP contribution in [0.5, 0.6) is 5.75 Å². The number of methoxy groups -OCH3 is 1. The van der Waals surface area contributed by atoms with E-state index in [4.69, 9.17) is 4.74 Å². The summed E-state index contributed by atoms with van der Waals surface area (Å²) in [6, 6.07) is 2.16. The first-order valence-corrected chi connectivity index (χ1v) is 5.67. The molecule has 1 unspecified atom stereocenters. The van der Waals surface area contributed by atoms with Crippen molar-refractivity contribution in [2.75, 3.05) is 7.11 Å². The van der Waals surface area contributed by atoms with Crippen LogP contribution in [0.4, 0.5) is 0 Å². The Labute approximate surface area is 93.5 Å². The van der Waals surface area contributed by atoms with E-state index in [9.17, 15) is 0 Å². The lowest BCUT2D eigenvalue weighted by Crippen LogP contribution is -2.02. The van der Waals surface area contributed by atoms with Crippen LogP contribution in [0.3, 0.4) is 0 Å². The third kappa shape index (κ3) is 2.17. The number of ether oxygens (including phenoxy) is 1. The van der Waals surface area contributed by atoms with E-state index in [1.54, 1.807) is 7.11 Å². The fourth-order valence-electron chi connectivity index (χ4n) is 2.24. The molecule has 0 aromatic heterocycles. The standard InChI is InChI=1S/C14H22O/c1-7-9(2)14-10(3)8-13(15-6)11(4)12(14)5/h8-9H,7H2,1-6H3. The molecule has 0 amide bonds. The molecule has 0 saturated carbocycles. The molecule has 1 aromatic rings. The average molecular weight is 206 g/mol. The topological polar surface area (TPSA) is 9.23 Å². The van der Waals surface area contributed by atoms with Crippen molar-refractivity contribution in [1.29, 1.82) is 0 Å². The van der Waals surface area contributed by atoms with E-state index in [1.807, 2.05) is 0 Å². The molecule has 0 N–H and O–H groups in total. The van der Waals surface area contributed by atoms with Gasteiger partial charge in [0.25, 0.3) is 0 Å². The summed E-state index contributed by atoms with van der Waals surface area (Å²) in [6.07, 6.45) is 1.19. The summed E-state index contributed by atoms with van der Waals surface area (Å²) in [5, 5.41) is 0. The lowest BCUT2D eigenvalue weighted by Gasteiger charge is -2.20. The maximum Gasteiger partial charge on any atom is 0.122 e. The van der Waals surface area contributed by atoms with E-state index in [0.717, 1.165) is 5.75 Å². The van der Waals surface area contributed by atoms with Gasteiger partial charge in [-0.25, -0.2) is 0 Å². The van der Waals surface area contributed by atoms with Crippen LogP contribution < -0.4 is 4.74 Å².